The summed E-state index contributed by atoms with van der Waals surface area (Å²) in [5.41, 5.74) is 7.15. The molecule has 0 saturated heterocycles. The van der Waals surface area contributed by atoms with Crippen LogP contribution in [0.5, 0.6) is 11.5 Å². The highest BCUT2D eigenvalue weighted by molar-refractivity contribution is 5.50. The van der Waals surface area contributed by atoms with Crippen molar-refractivity contribution in [1.82, 2.24) is 0 Å². The lowest BCUT2D eigenvalue weighted by Gasteiger charge is -2.26. The molecule has 0 radical (unpaired) electrons. The van der Waals surface area contributed by atoms with Crippen LogP contribution in [-0.4, -0.2) is 10.2 Å². The zero-order valence-corrected chi connectivity index (χ0v) is 8.95. The number of hydrogen-bond donors (Lipinski definition) is 3. The zero-order chi connectivity index (χ0) is 11.1. The van der Waals surface area contributed by atoms with Gasteiger partial charge in [-0.2, -0.15) is 0 Å². The highest BCUT2D eigenvalue weighted by Gasteiger charge is 2.34. The van der Waals surface area contributed by atoms with Gasteiger partial charge in [-0.05, 0) is 31.9 Å². The molecule has 3 heteroatoms. The number of phenols is 2. The number of rotatable bonds is 1. The van der Waals surface area contributed by atoms with Crippen LogP contribution in [0.25, 0.3) is 0 Å². The minimum atomic E-state index is -0.400. The van der Waals surface area contributed by atoms with Crippen LogP contribution in [0.2, 0.25) is 0 Å². The van der Waals surface area contributed by atoms with Crippen molar-refractivity contribution in [3.63, 3.8) is 0 Å². The van der Waals surface area contributed by atoms with E-state index in [1.54, 1.807) is 19.1 Å². The van der Waals surface area contributed by atoms with Crippen LogP contribution in [0.15, 0.2) is 12.1 Å². The van der Waals surface area contributed by atoms with E-state index in [-0.39, 0.29) is 11.5 Å². The van der Waals surface area contributed by atoms with Crippen molar-refractivity contribution in [3.8, 4) is 11.5 Å². The number of aromatic hydroxyl groups is 2. The molecule has 0 unspecified atom stereocenters. The minimum absolute atomic E-state index is 0.123. The van der Waals surface area contributed by atoms with Crippen LogP contribution >= 0.6 is 0 Å². The highest BCUT2D eigenvalue weighted by Crippen LogP contribution is 2.42. The van der Waals surface area contributed by atoms with Crippen molar-refractivity contribution in [1.29, 1.82) is 0 Å². The lowest BCUT2D eigenvalue weighted by atomic mass is 9.87. The number of benzene rings is 1. The second-order valence-corrected chi connectivity index (χ2v) is 4.47. The smallest absolute Gasteiger partial charge is 0.127 e. The number of phenolic OH excluding ortho intramolecular Hbond substituents is 2. The molecule has 15 heavy (non-hydrogen) atoms. The molecule has 0 amide bonds. The first-order chi connectivity index (χ1) is 7.04. The predicted molar refractivity (Wildman–Crippen MR) is 58.8 cm³/mol. The summed E-state index contributed by atoms with van der Waals surface area (Å²) in [7, 11) is 0. The Morgan fingerprint density at radius 3 is 2.40 bits per heavy atom. The van der Waals surface area contributed by atoms with Crippen molar-refractivity contribution in [2.24, 2.45) is 5.73 Å². The molecular weight excluding hydrogens is 190 g/mol. The molecule has 1 fully saturated rings. The molecule has 1 aliphatic carbocycles. The lowest BCUT2D eigenvalue weighted by Crippen LogP contribution is -2.33. The Bertz CT molecular complexity index is 381. The van der Waals surface area contributed by atoms with Crippen LogP contribution in [0.1, 0.15) is 36.8 Å². The second-order valence-electron chi connectivity index (χ2n) is 4.47. The summed E-state index contributed by atoms with van der Waals surface area (Å²) >= 11 is 0. The van der Waals surface area contributed by atoms with E-state index in [2.05, 4.69) is 0 Å². The fraction of sp³-hybridized carbons (Fsp3) is 0.500. The average molecular weight is 207 g/mol. The molecule has 0 aromatic heterocycles. The van der Waals surface area contributed by atoms with Gasteiger partial charge in [-0.3, -0.25) is 0 Å². The molecule has 1 saturated carbocycles. The summed E-state index contributed by atoms with van der Waals surface area (Å²) in [6, 6.07) is 3.35. The highest BCUT2D eigenvalue weighted by atomic mass is 16.3. The molecule has 0 atom stereocenters. The first-order valence-electron chi connectivity index (χ1n) is 5.35. The number of nitrogens with two attached hydrogens (primary N) is 1. The first-order valence-corrected chi connectivity index (χ1v) is 5.35. The number of hydrogen-bond acceptors (Lipinski definition) is 3. The maximum absolute atomic E-state index is 9.96. The minimum Gasteiger partial charge on any atom is -0.508 e. The van der Waals surface area contributed by atoms with E-state index < -0.39 is 5.54 Å². The van der Waals surface area contributed by atoms with Crippen molar-refractivity contribution in [2.45, 2.75) is 38.1 Å². The monoisotopic (exact) mass is 207 g/mol. The Morgan fingerprint density at radius 2 is 1.80 bits per heavy atom. The van der Waals surface area contributed by atoms with E-state index >= 15 is 0 Å². The van der Waals surface area contributed by atoms with Gasteiger partial charge >= 0.3 is 0 Å². The molecule has 0 heterocycles. The molecule has 82 valence electrons. The van der Waals surface area contributed by atoms with Crippen LogP contribution in [0.4, 0.5) is 0 Å². The van der Waals surface area contributed by atoms with Gasteiger partial charge in [-0.25, -0.2) is 0 Å². The fourth-order valence-electron chi connectivity index (χ4n) is 2.37. The topological polar surface area (TPSA) is 66.5 Å². The van der Waals surface area contributed by atoms with Gasteiger partial charge in [0.1, 0.15) is 11.5 Å². The van der Waals surface area contributed by atoms with E-state index in [0.717, 1.165) is 31.2 Å². The van der Waals surface area contributed by atoms with Crippen molar-refractivity contribution >= 4 is 0 Å². The van der Waals surface area contributed by atoms with Crippen LogP contribution in [0, 0.1) is 6.92 Å². The molecule has 3 nitrogen and oxygen atoms in total. The third-order valence-corrected chi connectivity index (χ3v) is 3.43. The van der Waals surface area contributed by atoms with Gasteiger partial charge in [-0.1, -0.05) is 12.8 Å². The van der Waals surface area contributed by atoms with Crippen molar-refractivity contribution < 1.29 is 10.2 Å². The van der Waals surface area contributed by atoms with E-state index in [9.17, 15) is 10.2 Å². The normalized spacial score (nSPS) is 19.3. The van der Waals surface area contributed by atoms with Crippen molar-refractivity contribution in [3.05, 3.63) is 23.3 Å². The van der Waals surface area contributed by atoms with Gasteiger partial charge in [0.2, 0.25) is 0 Å². The van der Waals surface area contributed by atoms with Gasteiger partial charge in [0.15, 0.2) is 0 Å². The summed E-state index contributed by atoms with van der Waals surface area (Å²) in [5.74, 6) is 0.275. The summed E-state index contributed by atoms with van der Waals surface area (Å²) in [6.45, 7) is 1.70. The third-order valence-electron chi connectivity index (χ3n) is 3.43. The second kappa shape index (κ2) is 3.42. The molecule has 1 aliphatic rings. The fourth-order valence-corrected chi connectivity index (χ4v) is 2.37. The predicted octanol–water partition coefficient (Wildman–Crippen LogP) is 2.13. The molecule has 0 aliphatic heterocycles. The van der Waals surface area contributed by atoms with Crippen molar-refractivity contribution in [2.75, 3.05) is 0 Å². The van der Waals surface area contributed by atoms with Crippen LogP contribution in [-0.2, 0) is 5.54 Å². The third kappa shape index (κ3) is 1.57. The summed E-state index contributed by atoms with van der Waals surface area (Å²) < 4.78 is 0. The zero-order valence-electron chi connectivity index (χ0n) is 8.95. The summed E-state index contributed by atoms with van der Waals surface area (Å²) in [6.07, 6.45) is 4.03. The standard InChI is InChI=1S/C12H17NO2/c1-8-10(14)5-4-9(11(8)15)12(13)6-2-3-7-12/h4-5,14-15H,2-3,6-7,13H2,1H3. The first kappa shape index (κ1) is 10.3. The Morgan fingerprint density at radius 1 is 1.20 bits per heavy atom. The quantitative estimate of drug-likeness (QED) is 0.661. The molecule has 1 aromatic rings. The Labute approximate surface area is 89.5 Å². The molecule has 0 spiro atoms. The van der Waals surface area contributed by atoms with Gasteiger partial charge in [0.25, 0.3) is 0 Å². The SMILES string of the molecule is Cc1c(O)ccc(C2(N)CCCC2)c1O. The molecule has 0 bridgehead atoms. The van der Waals surface area contributed by atoms with Gasteiger partial charge < -0.3 is 15.9 Å². The summed E-state index contributed by atoms with van der Waals surface area (Å²) in [5, 5.41) is 19.4. The van der Waals surface area contributed by atoms with E-state index in [1.807, 2.05) is 0 Å². The van der Waals surface area contributed by atoms with E-state index in [0.29, 0.717) is 5.56 Å². The largest absolute Gasteiger partial charge is 0.508 e. The van der Waals surface area contributed by atoms with Gasteiger partial charge in [-0.15, -0.1) is 0 Å². The molecule has 1 aromatic carbocycles. The lowest BCUT2D eigenvalue weighted by molar-refractivity contribution is 0.398. The van der Waals surface area contributed by atoms with Crippen LogP contribution in [0.3, 0.4) is 0 Å². The Kier molecular flexibility index (Phi) is 2.35. The van der Waals surface area contributed by atoms with E-state index in [4.69, 9.17) is 5.73 Å². The Hall–Kier alpha value is -1.22. The molecule has 2 rings (SSSR count). The average Bonchev–Trinajstić information content (AvgIpc) is 2.62. The van der Waals surface area contributed by atoms with Gasteiger partial charge in [0, 0.05) is 16.7 Å². The maximum Gasteiger partial charge on any atom is 0.127 e. The van der Waals surface area contributed by atoms with E-state index in [1.165, 1.54) is 0 Å². The van der Waals surface area contributed by atoms with Crippen LogP contribution < -0.4 is 5.73 Å². The maximum atomic E-state index is 9.96. The molecular formula is C12H17NO2. The Balaban J connectivity index is 2.49. The summed E-state index contributed by atoms with van der Waals surface area (Å²) in [4.78, 5) is 0. The van der Waals surface area contributed by atoms with Gasteiger partial charge in [0.05, 0.1) is 0 Å². The molecule has 4 N–H and O–H groups in total.